The van der Waals surface area contributed by atoms with Crippen LogP contribution in [0.15, 0.2) is 48.5 Å². The lowest BCUT2D eigenvalue weighted by atomic mass is 9.90. The largest absolute Gasteiger partial charge is 0.380 e. The van der Waals surface area contributed by atoms with E-state index in [0.717, 1.165) is 90.5 Å². The van der Waals surface area contributed by atoms with E-state index in [4.69, 9.17) is 9.47 Å². The van der Waals surface area contributed by atoms with E-state index in [2.05, 4.69) is 102 Å². The molecule has 0 N–H and O–H groups in total. The highest BCUT2D eigenvalue weighted by atomic mass is 32.2. The van der Waals surface area contributed by atoms with Gasteiger partial charge in [-0.2, -0.15) is 0 Å². The van der Waals surface area contributed by atoms with Crippen LogP contribution in [-0.2, 0) is 22.6 Å². The highest BCUT2D eigenvalue weighted by Crippen LogP contribution is 2.25. The second-order valence-corrected chi connectivity index (χ2v) is 15.7. The predicted molar refractivity (Wildman–Crippen MR) is 206 cm³/mol. The number of hydrogen-bond donors (Lipinski definition) is 0. The maximum Gasteiger partial charge on any atom is 0.0918 e. The van der Waals surface area contributed by atoms with E-state index in [0.29, 0.717) is 11.8 Å². The molecule has 2 atom stereocenters. The minimum atomic E-state index is 0.602. The maximum atomic E-state index is 6.07. The van der Waals surface area contributed by atoms with Crippen LogP contribution in [0.2, 0.25) is 0 Å². The van der Waals surface area contributed by atoms with E-state index in [1.54, 1.807) is 11.8 Å². The summed E-state index contributed by atoms with van der Waals surface area (Å²) < 4.78 is 11.7. The SMILES string of the molecule is CSCOCCCN1CCN(Cc2ccc(C(C)CCC(C)CCCOCCN3CCN(Cc4ccc(C(C)C)cc4)CC3)cc2)CC1. The van der Waals surface area contributed by atoms with Crippen molar-refractivity contribution in [3.63, 3.8) is 0 Å². The lowest BCUT2D eigenvalue weighted by molar-refractivity contribution is 0.0709. The first-order valence-corrected chi connectivity index (χ1v) is 20.5. The number of nitrogens with zero attached hydrogens (tertiary/aromatic N) is 4. The van der Waals surface area contributed by atoms with E-state index >= 15 is 0 Å². The van der Waals surface area contributed by atoms with Crippen LogP contribution >= 0.6 is 11.8 Å². The molecule has 2 aromatic carbocycles. The Labute approximate surface area is 298 Å². The molecule has 6 nitrogen and oxygen atoms in total. The van der Waals surface area contributed by atoms with Gasteiger partial charge in [0.15, 0.2) is 0 Å². The molecule has 0 amide bonds. The predicted octanol–water partition coefficient (Wildman–Crippen LogP) is 7.79. The summed E-state index contributed by atoms with van der Waals surface area (Å²) >= 11 is 1.75. The van der Waals surface area contributed by atoms with Gasteiger partial charge in [-0.1, -0.05) is 82.6 Å². The average Bonchev–Trinajstić information content (AvgIpc) is 3.10. The Morgan fingerprint density at radius 1 is 0.562 bits per heavy atom. The summed E-state index contributed by atoms with van der Waals surface area (Å²) in [7, 11) is 0. The zero-order valence-electron chi connectivity index (χ0n) is 31.2. The van der Waals surface area contributed by atoms with Crippen molar-refractivity contribution in [3.05, 3.63) is 70.8 Å². The van der Waals surface area contributed by atoms with E-state index in [9.17, 15) is 0 Å². The van der Waals surface area contributed by atoms with Crippen molar-refractivity contribution in [2.24, 2.45) is 5.92 Å². The van der Waals surface area contributed by atoms with Crippen molar-refractivity contribution < 1.29 is 9.47 Å². The van der Waals surface area contributed by atoms with Crippen LogP contribution in [0, 0.1) is 5.92 Å². The zero-order valence-corrected chi connectivity index (χ0v) is 32.0. The maximum absolute atomic E-state index is 6.07. The van der Waals surface area contributed by atoms with Crippen molar-refractivity contribution >= 4 is 11.8 Å². The first-order valence-electron chi connectivity index (χ1n) is 19.1. The first kappa shape index (κ1) is 39.3. The quantitative estimate of drug-likeness (QED) is 0.0928. The number of thioether (sulfide) groups is 1. The molecule has 2 saturated heterocycles. The number of benzene rings is 2. The molecule has 2 aliphatic heterocycles. The highest BCUT2D eigenvalue weighted by molar-refractivity contribution is 7.98. The summed E-state index contributed by atoms with van der Waals surface area (Å²) in [6.07, 6.45) is 8.23. The van der Waals surface area contributed by atoms with Gasteiger partial charge < -0.3 is 14.4 Å². The minimum absolute atomic E-state index is 0.602. The molecule has 0 aliphatic carbocycles. The molecule has 2 fully saturated rings. The minimum Gasteiger partial charge on any atom is -0.380 e. The third-order valence-corrected chi connectivity index (χ3v) is 10.9. The third-order valence-electron chi connectivity index (χ3n) is 10.5. The second-order valence-electron chi connectivity index (χ2n) is 14.9. The fourth-order valence-corrected chi connectivity index (χ4v) is 7.31. The van der Waals surface area contributed by atoms with Crippen LogP contribution in [0.1, 0.15) is 93.9 Å². The number of hydrogen-bond acceptors (Lipinski definition) is 7. The van der Waals surface area contributed by atoms with Crippen molar-refractivity contribution in [3.8, 4) is 0 Å². The van der Waals surface area contributed by atoms with Crippen LogP contribution in [0.25, 0.3) is 0 Å². The third kappa shape index (κ3) is 14.8. The van der Waals surface area contributed by atoms with Gasteiger partial charge in [0.1, 0.15) is 0 Å². The topological polar surface area (TPSA) is 31.4 Å². The summed E-state index contributed by atoms with van der Waals surface area (Å²) in [6, 6.07) is 18.7. The molecule has 0 radical (unpaired) electrons. The van der Waals surface area contributed by atoms with Crippen LogP contribution in [0.3, 0.4) is 0 Å². The number of piperazine rings is 2. The van der Waals surface area contributed by atoms with Gasteiger partial charge >= 0.3 is 0 Å². The Bertz CT molecular complexity index is 1100. The van der Waals surface area contributed by atoms with E-state index in [-0.39, 0.29) is 0 Å². The number of rotatable bonds is 22. The fraction of sp³-hybridized carbons (Fsp3) is 0.707. The molecule has 0 saturated carbocycles. The lowest BCUT2D eigenvalue weighted by Crippen LogP contribution is -2.46. The van der Waals surface area contributed by atoms with E-state index < -0.39 is 0 Å². The van der Waals surface area contributed by atoms with Gasteiger partial charge in [-0.25, -0.2) is 0 Å². The smallest absolute Gasteiger partial charge is 0.0918 e. The molecular formula is C41H68N4O2S. The van der Waals surface area contributed by atoms with Crippen LogP contribution in [0.5, 0.6) is 0 Å². The Balaban J connectivity index is 0.986. The van der Waals surface area contributed by atoms with E-state index in [1.807, 2.05) is 0 Å². The monoisotopic (exact) mass is 681 g/mol. The second kappa shape index (κ2) is 22.4. The molecule has 2 unspecified atom stereocenters. The summed E-state index contributed by atoms with van der Waals surface area (Å²) in [5.74, 6) is 2.79. The summed E-state index contributed by atoms with van der Waals surface area (Å²) in [4.78, 5) is 10.4. The van der Waals surface area contributed by atoms with Gasteiger partial charge in [-0.15, -0.1) is 11.8 Å². The van der Waals surface area contributed by atoms with Gasteiger partial charge in [0.05, 0.1) is 12.5 Å². The molecule has 270 valence electrons. The van der Waals surface area contributed by atoms with Gasteiger partial charge in [0, 0.05) is 91.8 Å². The van der Waals surface area contributed by atoms with Crippen LogP contribution in [0.4, 0.5) is 0 Å². The molecule has 4 rings (SSSR count). The summed E-state index contributed by atoms with van der Waals surface area (Å²) in [5.41, 5.74) is 5.80. The van der Waals surface area contributed by atoms with Gasteiger partial charge in [-0.05, 0) is 71.9 Å². The molecule has 48 heavy (non-hydrogen) atoms. The average molecular weight is 681 g/mol. The van der Waals surface area contributed by atoms with Gasteiger partial charge in [0.25, 0.3) is 0 Å². The molecule has 2 aromatic rings. The Morgan fingerprint density at radius 2 is 1.08 bits per heavy atom. The summed E-state index contributed by atoms with van der Waals surface area (Å²) in [6.45, 7) is 25.7. The van der Waals surface area contributed by atoms with Crippen molar-refractivity contribution in [2.75, 3.05) is 97.5 Å². The van der Waals surface area contributed by atoms with Crippen molar-refractivity contribution in [2.45, 2.75) is 84.7 Å². The molecule has 2 aliphatic rings. The molecule has 7 heteroatoms. The van der Waals surface area contributed by atoms with Crippen molar-refractivity contribution in [1.82, 2.24) is 19.6 Å². The molecular weight excluding hydrogens is 613 g/mol. The summed E-state index contributed by atoms with van der Waals surface area (Å²) in [5, 5.41) is 0. The Kier molecular flexibility index (Phi) is 18.3. The van der Waals surface area contributed by atoms with E-state index in [1.165, 1.54) is 74.1 Å². The molecule has 0 bridgehead atoms. The molecule has 2 heterocycles. The van der Waals surface area contributed by atoms with Crippen molar-refractivity contribution in [1.29, 1.82) is 0 Å². The molecule has 0 spiro atoms. The fourth-order valence-electron chi connectivity index (χ4n) is 7.03. The highest BCUT2D eigenvalue weighted by Gasteiger charge is 2.18. The van der Waals surface area contributed by atoms with Crippen LogP contribution < -0.4 is 0 Å². The van der Waals surface area contributed by atoms with Gasteiger partial charge in [-0.3, -0.25) is 14.7 Å². The standard InChI is InChI=1S/C41H68N4O2S/c1-35(2)40-15-11-38(12-16-40)32-45-26-22-43(23-27-45)28-31-46-29-6-8-36(3)9-10-37(4)41-17-13-39(14-18-41)33-44-24-20-42(21-25-44)19-7-30-47-34-48-5/h11-18,35-37H,6-10,19-34H2,1-5H3. The normalized spacial score (nSPS) is 18.5. The van der Waals surface area contributed by atoms with Crippen LogP contribution in [-0.4, -0.2) is 117 Å². The first-order chi connectivity index (χ1) is 23.4. The van der Waals surface area contributed by atoms with Gasteiger partial charge in [0.2, 0.25) is 0 Å². The Morgan fingerprint density at radius 3 is 1.65 bits per heavy atom. The molecule has 0 aromatic heterocycles. The lowest BCUT2D eigenvalue weighted by Gasteiger charge is -2.34. The zero-order chi connectivity index (χ0) is 34.0. The number of ether oxygens (including phenoxy) is 2. The Hall–Kier alpha value is -1.45.